The molecule has 0 spiro atoms. The van der Waals surface area contributed by atoms with Crippen LogP contribution in [0.3, 0.4) is 0 Å². The normalized spacial score (nSPS) is 11.7. The zero-order chi connectivity index (χ0) is 14.2. The topological polar surface area (TPSA) is 36.9 Å². The third-order valence-electron chi connectivity index (χ3n) is 2.40. The fourth-order valence-corrected chi connectivity index (χ4v) is 2.41. The summed E-state index contributed by atoms with van der Waals surface area (Å²) in [4.78, 5) is 0. The van der Waals surface area contributed by atoms with Crippen molar-refractivity contribution in [1.29, 1.82) is 0 Å². The highest BCUT2D eigenvalue weighted by Crippen LogP contribution is 2.41. The van der Waals surface area contributed by atoms with E-state index in [0.717, 1.165) is 11.5 Å². The molecule has 0 fully saturated rings. The molecule has 1 atom stereocenters. The van der Waals surface area contributed by atoms with Gasteiger partial charge in [-0.3, -0.25) is 4.52 Å². The highest BCUT2D eigenvalue weighted by atomic mass is 31.2. The Morgan fingerprint density at radius 1 is 0.800 bits per heavy atom. The number of hydrogen-bond donors (Lipinski definition) is 0. The van der Waals surface area contributed by atoms with Gasteiger partial charge in [-0.25, -0.2) is 0 Å². The Labute approximate surface area is 120 Å². The Morgan fingerprint density at radius 3 is 1.90 bits per heavy atom. The molecule has 0 radical (unpaired) electrons. The molecular weight excluding hydrogens is 275 g/mol. The number of hydrogen-bond acceptors (Lipinski definition) is 4. The minimum absolute atomic E-state index is 0.523. The van der Waals surface area contributed by atoms with E-state index in [1.54, 1.807) is 7.11 Å². The molecule has 0 bridgehead atoms. The van der Waals surface area contributed by atoms with Crippen LogP contribution in [0.5, 0.6) is 17.2 Å². The number of benzene rings is 2. The smallest absolute Gasteiger partial charge is 0.463 e. The molecule has 2 aromatic carbocycles. The van der Waals surface area contributed by atoms with Gasteiger partial charge in [-0.1, -0.05) is 18.2 Å². The van der Waals surface area contributed by atoms with Gasteiger partial charge in [0.15, 0.2) is 0 Å². The molecule has 0 saturated carbocycles. The van der Waals surface area contributed by atoms with Crippen LogP contribution in [0, 0.1) is 0 Å². The zero-order valence-electron chi connectivity index (χ0n) is 11.5. The Kier molecular flexibility index (Phi) is 5.66. The van der Waals surface area contributed by atoms with Gasteiger partial charge in [-0.15, -0.1) is 0 Å². The van der Waals surface area contributed by atoms with E-state index in [1.807, 2.05) is 61.5 Å². The van der Waals surface area contributed by atoms with Gasteiger partial charge >= 0.3 is 8.60 Å². The maximum atomic E-state index is 5.72. The molecule has 0 aliphatic carbocycles. The second-order valence-electron chi connectivity index (χ2n) is 3.81. The Hall–Kier alpha value is -1.77. The molecule has 0 aliphatic heterocycles. The van der Waals surface area contributed by atoms with Crippen LogP contribution in [0.2, 0.25) is 0 Å². The summed E-state index contributed by atoms with van der Waals surface area (Å²) < 4.78 is 22.0. The summed E-state index contributed by atoms with van der Waals surface area (Å²) in [5.41, 5.74) is 0. The van der Waals surface area contributed by atoms with Gasteiger partial charge in [0.05, 0.1) is 13.7 Å². The summed E-state index contributed by atoms with van der Waals surface area (Å²) in [5, 5.41) is 0. The number of ether oxygens (including phenoxy) is 1. The van der Waals surface area contributed by atoms with Crippen LogP contribution in [0.25, 0.3) is 0 Å². The lowest BCUT2D eigenvalue weighted by atomic mass is 10.3. The predicted molar refractivity (Wildman–Crippen MR) is 79.2 cm³/mol. The van der Waals surface area contributed by atoms with E-state index in [1.165, 1.54) is 0 Å². The molecule has 0 heterocycles. The largest absolute Gasteiger partial charge is 0.497 e. The molecule has 5 heteroatoms. The van der Waals surface area contributed by atoms with E-state index in [9.17, 15) is 0 Å². The molecule has 2 aromatic rings. The van der Waals surface area contributed by atoms with Gasteiger partial charge in [0.2, 0.25) is 0 Å². The summed E-state index contributed by atoms with van der Waals surface area (Å²) >= 11 is 0. The van der Waals surface area contributed by atoms with Crippen molar-refractivity contribution in [2.24, 2.45) is 0 Å². The molecular formula is C15H17O4P. The lowest BCUT2D eigenvalue weighted by Crippen LogP contribution is -1.99. The highest BCUT2D eigenvalue weighted by molar-refractivity contribution is 7.42. The first-order chi connectivity index (χ1) is 9.81. The molecule has 0 aliphatic rings. The molecule has 0 saturated heterocycles. The molecule has 0 aromatic heterocycles. The minimum Gasteiger partial charge on any atom is -0.497 e. The van der Waals surface area contributed by atoms with Crippen LogP contribution in [-0.4, -0.2) is 13.7 Å². The fraction of sp³-hybridized carbons (Fsp3) is 0.200. The molecule has 20 heavy (non-hydrogen) atoms. The van der Waals surface area contributed by atoms with E-state index < -0.39 is 8.60 Å². The summed E-state index contributed by atoms with van der Waals surface area (Å²) in [6.45, 7) is 2.43. The molecule has 0 amide bonds. The number of para-hydroxylation sites is 1. The van der Waals surface area contributed by atoms with Crippen molar-refractivity contribution in [2.75, 3.05) is 13.7 Å². The second kappa shape index (κ2) is 7.73. The van der Waals surface area contributed by atoms with Crippen molar-refractivity contribution in [1.82, 2.24) is 0 Å². The van der Waals surface area contributed by atoms with E-state index in [2.05, 4.69) is 0 Å². The van der Waals surface area contributed by atoms with E-state index in [-0.39, 0.29) is 0 Å². The maximum absolute atomic E-state index is 5.72. The number of rotatable bonds is 7. The molecule has 2 rings (SSSR count). The lowest BCUT2D eigenvalue weighted by molar-refractivity contribution is 0.280. The van der Waals surface area contributed by atoms with E-state index >= 15 is 0 Å². The Morgan fingerprint density at radius 2 is 1.35 bits per heavy atom. The maximum Gasteiger partial charge on any atom is 0.463 e. The first-order valence-electron chi connectivity index (χ1n) is 6.30. The van der Waals surface area contributed by atoms with Gasteiger partial charge < -0.3 is 13.8 Å². The van der Waals surface area contributed by atoms with Crippen LogP contribution >= 0.6 is 8.60 Å². The van der Waals surface area contributed by atoms with Crippen molar-refractivity contribution in [2.45, 2.75) is 6.92 Å². The molecule has 4 nitrogen and oxygen atoms in total. The van der Waals surface area contributed by atoms with Crippen molar-refractivity contribution in [3.05, 3.63) is 54.6 Å². The van der Waals surface area contributed by atoms with Gasteiger partial charge in [0.25, 0.3) is 0 Å². The monoisotopic (exact) mass is 292 g/mol. The third-order valence-corrected chi connectivity index (χ3v) is 3.59. The Balaban J connectivity index is 2.00. The summed E-state index contributed by atoms with van der Waals surface area (Å²) in [7, 11) is 0.158. The average Bonchev–Trinajstić information content (AvgIpc) is 2.49. The Bertz CT molecular complexity index is 501. The zero-order valence-corrected chi connectivity index (χ0v) is 12.4. The minimum atomic E-state index is -1.47. The van der Waals surface area contributed by atoms with Gasteiger partial charge in [-0.2, -0.15) is 0 Å². The lowest BCUT2D eigenvalue weighted by Gasteiger charge is -2.16. The van der Waals surface area contributed by atoms with Gasteiger partial charge in [-0.05, 0) is 43.3 Å². The van der Waals surface area contributed by atoms with Crippen LogP contribution < -0.4 is 13.8 Å². The van der Waals surface area contributed by atoms with E-state index in [0.29, 0.717) is 12.4 Å². The number of methoxy groups -OCH3 is 1. The SMILES string of the molecule is CCOP(Oc1ccccc1)Oc1ccc(OC)cc1. The van der Waals surface area contributed by atoms with Crippen LogP contribution in [0.15, 0.2) is 54.6 Å². The van der Waals surface area contributed by atoms with Gasteiger partial charge in [0.1, 0.15) is 17.2 Å². The van der Waals surface area contributed by atoms with Crippen LogP contribution in [0.1, 0.15) is 6.92 Å². The molecule has 106 valence electrons. The summed E-state index contributed by atoms with van der Waals surface area (Å²) in [6, 6.07) is 16.8. The summed E-state index contributed by atoms with van der Waals surface area (Å²) in [5.74, 6) is 2.18. The first-order valence-corrected chi connectivity index (χ1v) is 7.39. The predicted octanol–water partition coefficient (Wildman–Crippen LogP) is 4.42. The van der Waals surface area contributed by atoms with Crippen LogP contribution in [-0.2, 0) is 4.52 Å². The molecule has 1 unspecified atom stereocenters. The van der Waals surface area contributed by atoms with Crippen molar-refractivity contribution in [3.8, 4) is 17.2 Å². The first kappa shape index (κ1) is 14.6. The highest BCUT2D eigenvalue weighted by Gasteiger charge is 2.16. The quantitative estimate of drug-likeness (QED) is 0.708. The second-order valence-corrected chi connectivity index (χ2v) is 4.88. The molecule has 0 N–H and O–H groups in total. The van der Waals surface area contributed by atoms with Crippen molar-refractivity contribution in [3.63, 3.8) is 0 Å². The van der Waals surface area contributed by atoms with Crippen LogP contribution in [0.4, 0.5) is 0 Å². The fourth-order valence-electron chi connectivity index (χ4n) is 1.47. The van der Waals surface area contributed by atoms with Gasteiger partial charge in [0, 0.05) is 0 Å². The van der Waals surface area contributed by atoms with Crippen molar-refractivity contribution >= 4 is 8.60 Å². The van der Waals surface area contributed by atoms with Crippen molar-refractivity contribution < 1.29 is 18.3 Å². The summed E-state index contributed by atoms with van der Waals surface area (Å²) in [6.07, 6.45) is 0. The average molecular weight is 292 g/mol. The standard InChI is InChI=1S/C15H17O4P/c1-3-17-20(18-14-7-5-4-6-8-14)19-15-11-9-13(16-2)10-12-15/h4-12H,3H2,1-2H3. The third kappa shape index (κ3) is 4.41. The van der Waals surface area contributed by atoms with E-state index in [4.69, 9.17) is 18.3 Å².